The van der Waals surface area contributed by atoms with Gasteiger partial charge in [-0.05, 0) is 50.5 Å². The normalized spacial score (nSPS) is 12.9. The van der Waals surface area contributed by atoms with Gasteiger partial charge in [-0.2, -0.15) is 10.2 Å². The molecule has 0 aliphatic heterocycles. The van der Waals surface area contributed by atoms with Gasteiger partial charge >= 0.3 is 0 Å². The summed E-state index contributed by atoms with van der Waals surface area (Å²) in [5.74, 6) is 0.440. The quantitative estimate of drug-likeness (QED) is 0.530. The maximum Gasteiger partial charge on any atom is 0.292 e. The summed E-state index contributed by atoms with van der Waals surface area (Å²) >= 11 is 0. The molecule has 0 radical (unpaired) electrons. The van der Waals surface area contributed by atoms with Gasteiger partial charge in [0.15, 0.2) is 5.69 Å². The largest absolute Gasteiger partial charge is 0.493 e. The minimum atomic E-state index is -0.294. The van der Waals surface area contributed by atoms with Gasteiger partial charge in [0.1, 0.15) is 5.75 Å². The van der Waals surface area contributed by atoms with Crippen LogP contribution in [-0.2, 0) is 12.8 Å². The first-order chi connectivity index (χ1) is 13.8. The van der Waals surface area contributed by atoms with E-state index in [1.54, 1.807) is 6.21 Å². The molecule has 0 spiro atoms. The zero-order valence-electron chi connectivity index (χ0n) is 15.8. The van der Waals surface area contributed by atoms with Crippen LogP contribution in [0.1, 0.15) is 40.7 Å². The molecule has 2 aromatic carbocycles. The van der Waals surface area contributed by atoms with Crippen molar-refractivity contribution >= 4 is 12.1 Å². The molecule has 6 heteroatoms. The Morgan fingerprint density at radius 2 is 1.96 bits per heavy atom. The highest BCUT2D eigenvalue weighted by atomic mass is 16.5. The fraction of sp³-hybridized carbons (Fsp3) is 0.227. The number of nitrogens with zero attached hydrogens (tertiary/aromatic N) is 3. The van der Waals surface area contributed by atoms with Crippen molar-refractivity contribution in [2.45, 2.75) is 26.2 Å². The molecule has 28 heavy (non-hydrogen) atoms. The van der Waals surface area contributed by atoms with E-state index in [2.05, 4.69) is 15.6 Å². The Bertz CT molecular complexity index is 1010. The van der Waals surface area contributed by atoms with E-state index in [-0.39, 0.29) is 5.91 Å². The van der Waals surface area contributed by atoms with Crippen LogP contribution >= 0.6 is 0 Å². The van der Waals surface area contributed by atoms with Gasteiger partial charge in [0.25, 0.3) is 5.91 Å². The highest BCUT2D eigenvalue weighted by Gasteiger charge is 2.26. The number of benzene rings is 2. The first kappa shape index (κ1) is 18.0. The molecule has 0 unspecified atom stereocenters. The second-order valence-corrected chi connectivity index (χ2v) is 6.54. The summed E-state index contributed by atoms with van der Waals surface area (Å²) in [5, 5.41) is 8.70. The predicted octanol–water partition coefficient (Wildman–Crippen LogP) is 3.52. The van der Waals surface area contributed by atoms with Crippen LogP contribution in [0.4, 0.5) is 0 Å². The van der Waals surface area contributed by atoms with Crippen molar-refractivity contribution in [2.75, 3.05) is 6.61 Å². The van der Waals surface area contributed by atoms with Crippen LogP contribution in [0.2, 0.25) is 0 Å². The average Bonchev–Trinajstić information content (AvgIpc) is 3.33. The number of hydrogen-bond acceptors (Lipinski definition) is 4. The molecular formula is C22H22N4O2. The van der Waals surface area contributed by atoms with Gasteiger partial charge in [-0.25, -0.2) is 10.1 Å². The smallest absolute Gasteiger partial charge is 0.292 e. The Morgan fingerprint density at radius 1 is 1.18 bits per heavy atom. The van der Waals surface area contributed by atoms with Crippen LogP contribution in [0.25, 0.3) is 5.69 Å². The van der Waals surface area contributed by atoms with Crippen LogP contribution in [0.15, 0.2) is 59.7 Å². The summed E-state index contributed by atoms with van der Waals surface area (Å²) < 4.78 is 7.45. The van der Waals surface area contributed by atoms with Gasteiger partial charge in [-0.3, -0.25) is 4.79 Å². The van der Waals surface area contributed by atoms with Crippen molar-refractivity contribution in [1.29, 1.82) is 0 Å². The number of aromatic nitrogens is 2. The molecule has 0 atom stereocenters. The second-order valence-electron chi connectivity index (χ2n) is 6.54. The molecule has 1 N–H and O–H groups in total. The highest BCUT2D eigenvalue weighted by molar-refractivity contribution is 5.95. The molecule has 0 saturated carbocycles. The molecule has 1 heterocycles. The average molecular weight is 374 g/mol. The zero-order valence-corrected chi connectivity index (χ0v) is 15.8. The molecule has 6 nitrogen and oxygen atoms in total. The highest BCUT2D eigenvalue weighted by Crippen LogP contribution is 2.27. The Balaban J connectivity index is 1.55. The van der Waals surface area contributed by atoms with Crippen LogP contribution < -0.4 is 10.2 Å². The molecule has 142 valence electrons. The fourth-order valence-electron chi connectivity index (χ4n) is 3.49. The number of rotatable bonds is 6. The molecule has 0 saturated heterocycles. The second kappa shape index (κ2) is 8.08. The van der Waals surface area contributed by atoms with Gasteiger partial charge in [0.05, 0.1) is 18.5 Å². The van der Waals surface area contributed by atoms with Crippen molar-refractivity contribution < 1.29 is 9.53 Å². The number of para-hydroxylation sites is 2. The standard InChI is InChI=1S/C22H22N4O2/c1-2-28-20-14-7-6-9-16(20)15-23-24-22(27)21-18-12-8-13-19(18)26(25-21)17-10-4-3-5-11-17/h3-7,9-11,14-15H,2,8,12-13H2,1H3,(H,24,27)/b23-15+. The fourth-order valence-corrected chi connectivity index (χ4v) is 3.49. The number of nitrogens with one attached hydrogen (secondary N) is 1. The van der Waals surface area contributed by atoms with Gasteiger partial charge in [0, 0.05) is 16.8 Å². The van der Waals surface area contributed by atoms with Crippen molar-refractivity contribution in [2.24, 2.45) is 5.10 Å². The Kier molecular flexibility index (Phi) is 5.19. The number of fused-ring (bicyclic) bond motifs is 1. The molecule has 1 aliphatic carbocycles. The summed E-state index contributed by atoms with van der Waals surface area (Å²) in [7, 11) is 0. The Hall–Kier alpha value is -3.41. The number of hydrazone groups is 1. The lowest BCUT2D eigenvalue weighted by molar-refractivity contribution is 0.0949. The summed E-state index contributed by atoms with van der Waals surface area (Å²) in [6, 6.07) is 17.5. The molecule has 4 rings (SSSR count). The third-order valence-electron chi connectivity index (χ3n) is 4.73. The third-order valence-corrected chi connectivity index (χ3v) is 4.73. The van der Waals surface area contributed by atoms with Gasteiger partial charge < -0.3 is 4.74 Å². The van der Waals surface area contributed by atoms with E-state index < -0.39 is 0 Å². The molecule has 3 aromatic rings. The van der Waals surface area contributed by atoms with E-state index in [9.17, 15) is 4.79 Å². The van der Waals surface area contributed by atoms with E-state index in [4.69, 9.17) is 4.74 Å². The van der Waals surface area contributed by atoms with E-state index >= 15 is 0 Å². The van der Waals surface area contributed by atoms with Crippen LogP contribution in [0.3, 0.4) is 0 Å². The van der Waals surface area contributed by atoms with Gasteiger partial charge in [0.2, 0.25) is 0 Å². The van der Waals surface area contributed by atoms with Crippen molar-refractivity contribution in [3.8, 4) is 11.4 Å². The number of amides is 1. The summed E-state index contributed by atoms with van der Waals surface area (Å²) in [6.07, 6.45) is 4.42. The first-order valence-electron chi connectivity index (χ1n) is 9.49. The Morgan fingerprint density at radius 3 is 2.79 bits per heavy atom. The van der Waals surface area contributed by atoms with Gasteiger partial charge in [-0.1, -0.05) is 30.3 Å². The monoisotopic (exact) mass is 374 g/mol. The van der Waals surface area contributed by atoms with E-state index in [1.807, 2.05) is 66.2 Å². The van der Waals surface area contributed by atoms with E-state index in [1.165, 1.54) is 0 Å². The van der Waals surface area contributed by atoms with Crippen molar-refractivity contribution in [1.82, 2.24) is 15.2 Å². The molecule has 0 fully saturated rings. The number of hydrogen-bond donors (Lipinski definition) is 1. The van der Waals surface area contributed by atoms with Crippen LogP contribution in [0, 0.1) is 0 Å². The summed E-state index contributed by atoms with van der Waals surface area (Å²) in [5.41, 5.74) is 6.97. The molecule has 1 aliphatic rings. The molecule has 1 amide bonds. The molecular weight excluding hydrogens is 352 g/mol. The van der Waals surface area contributed by atoms with Crippen LogP contribution in [0.5, 0.6) is 5.75 Å². The maximum atomic E-state index is 12.7. The summed E-state index contributed by atoms with van der Waals surface area (Å²) in [4.78, 5) is 12.7. The minimum absolute atomic E-state index is 0.294. The lowest BCUT2D eigenvalue weighted by atomic mass is 10.2. The number of carbonyl (C=O) groups excluding carboxylic acids is 1. The van der Waals surface area contributed by atoms with E-state index in [0.717, 1.165) is 47.5 Å². The predicted molar refractivity (Wildman–Crippen MR) is 108 cm³/mol. The third kappa shape index (κ3) is 3.53. The lowest BCUT2D eigenvalue weighted by Crippen LogP contribution is -2.20. The van der Waals surface area contributed by atoms with E-state index in [0.29, 0.717) is 12.3 Å². The number of carbonyl (C=O) groups is 1. The minimum Gasteiger partial charge on any atom is -0.493 e. The topological polar surface area (TPSA) is 68.5 Å². The molecule has 1 aromatic heterocycles. The Labute approximate surface area is 163 Å². The van der Waals surface area contributed by atoms with Crippen molar-refractivity contribution in [3.05, 3.63) is 77.1 Å². The summed E-state index contributed by atoms with van der Waals surface area (Å²) in [6.45, 7) is 2.50. The first-order valence-corrected chi connectivity index (χ1v) is 9.49. The van der Waals surface area contributed by atoms with Gasteiger partial charge in [-0.15, -0.1) is 0 Å². The lowest BCUT2D eigenvalue weighted by Gasteiger charge is -2.05. The zero-order chi connectivity index (χ0) is 19.3. The van der Waals surface area contributed by atoms with Crippen LogP contribution in [-0.4, -0.2) is 28.5 Å². The SMILES string of the molecule is CCOc1ccccc1/C=N/NC(=O)c1nn(-c2ccccc2)c2c1CCC2. The maximum absolute atomic E-state index is 12.7. The number of ether oxygens (including phenoxy) is 1. The van der Waals surface area contributed by atoms with Crippen molar-refractivity contribution in [3.63, 3.8) is 0 Å². The molecule has 0 bridgehead atoms.